The van der Waals surface area contributed by atoms with Gasteiger partial charge in [-0.25, -0.2) is 9.37 Å². The third-order valence-electron chi connectivity index (χ3n) is 5.55. The molecule has 0 unspecified atom stereocenters. The number of hydrogen-bond donors (Lipinski definition) is 2. The molecule has 2 aromatic carbocycles. The highest BCUT2D eigenvalue weighted by Crippen LogP contribution is 2.29. The number of aromatic nitrogens is 3. The molecule has 5 rings (SSSR count). The summed E-state index contributed by atoms with van der Waals surface area (Å²) in [5, 5.41) is 0. The van der Waals surface area contributed by atoms with Crippen molar-refractivity contribution in [2.45, 2.75) is 19.3 Å². The molecule has 174 valence electrons. The standard InChI is InChI=1S/C23H17F4N5O2/c24-17-3-2-15(34-23(25,26)27)7-14(17)11-32-6-5-18-16(21(32)33)8-13(10-29-18)12-1-4-19-20(9-12)31-22(28)30-19/h1-4,7-10H,5-6,11H2,(H3,28,30,31). The van der Waals surface area contributed by atoms with Crippen LogP contribution in [0.1, 0.15) is 21.6 Å². The second kappa shape index (κ2) is 8.01. The molecule has 0 bridgehead atoms. The molecule has 0 saturated heterocycles. The Labute approximate surface area is 190 Å². The fourth-order valence-electron chi connectivity index (χ4n) is 3.98. The zero-order valence-corrected chi connectivity index (χ0v) is 17.5. The predicted octanol–water partition coefficient (Wildman–Crippen LogP) is 4.44. The number of imidazole rings is 1. The van der Waals surface area contributed by atoms with E-state index >= 15 is 0 Å². The quantitative estimate of drug-likeness (QED) is 0.429. The Bertz CT molecular complexity index is 1420. The average molecular weight is 471 g/mol. The maximum Gasteiger partial charge on any atom is 0.573 e. The first kappa shape index (κ1) is 21.7. The van der Waals surface area contributed by atoms with Gasteiger partial charge in [0.2, 0.25) is 0 Å². The lowest BCUT2D eigenvalue weighted by Gasteiger charge is -2.28. The molecule has 0 saturated carbocycles. The van der Waals surface area contributed by atoms with Gasteiger partial charge in [-0.1, -0.05) is 6.07 Å². The number of rotatable bonds is 4. The summed E-state index contributed by atoms with van der Waals surface area (Å²) in [6.45, 7) is 0.0458. The predicted molar refractivity (Wildman–Crippen MR) is 115 cm³/mol. The fourth-order valence-corrected chi connectivity index (χ4v) is 3.98. The molecule has 4 aromatic rings. The zero-order chi connectivity index (χ0) is 24.0. The monoisotopic (exact) mass is 471 g/mol. The Morgan fingerprint density at radius 3 is 2.74 bits per heavy atom. The number of H-pyrrole nitrogens is 1. The molecule has 7 nitrogen and oxygen atoms in total. The largest absolute Gasteiger partial charge is 0.573 e. The molecular weight excluding hydrogens is 454 g/mol. The number of anilines is 1. The number of hydrogen-bond acceptors (Lipinski definition) is 5. The van der Waals surface area contributed by atoms with Crippen LogP contribution in [0, 0.1) is 5.82 Å². The molecule has 34 heavy (non-hydrogen) atoms. The smallest absolute Gasteiger partial charge is 0.406 e. The van der Waals surface area contributed by atoms with E-state index in [2.05, 4.69) is 19.7 Å². The number of pyridine rings is 1. The van der Waals surface area contributed by atoms with Crippen LogP contribution in [0.5, 0.6) is 5.75 Å². The van der Waals surface area contributed by atoms with Crippen LogP contribution in [-0.4, -0.2) is 38.7 Å². The molecule has 2 aromatic heterocycles. The van der Waals surface area contributed by atoms with Crippen molar-refractivity contribution in [3.05, 3.63) is 71.3 Å². The van der Waals surface area contributed by atoms with Crippen LogP contribution in [0.25, 0.3) is 22.2 Å². The molecule has 1 aliphatic heterocycles. The van der Waals surface area contributed by atoms with Gasteiger partial charge in [-0.2, -0.15) is 0 Å². The van der Waals surface area contributed by atoms with Crippen LogP contribution < -0.4 is 10.5 Å². The number of fused-ring (bicyclic) bond motifs is 2. The number of amides is 1. The fraction of sp³-hybridized carbons (Fsp3) is 0.174. The number of nitrogens with zero attached hydrogens (tertiary/aromatic N) is 3. The van der Waals surface area contributed by atoms with Crippen molar-refractivity contribution < 1.29 is 27.1 Å². The van der Waals surface area contributed by atoms with Gasteiger partial charge in [-0.15, -0.1) is 13.2 Å². The first-order chi connectivity index (χ1) is 16.2. The second-order valence-electron chi connectivity index (χ2n) is 7.85. The molecule has 11 heteroatoms. The van der Waals surface area contributed by atoms with Gasteiger partial charge in [0, 0.05) is 36.8 Å². The topological polar surface area (TPSA) is 97.1 Å². The molecule has 0 radical (unpaired) electrons. The summed E-state index contributed by atoms with van der Waals surface area (Å²) in [6.07, 6.45) is -2.81. The maximum absolute atomic E-state index is 14.3. The molecule has 1 amide bonds. The van der Waals surface area contributed by atoms with Crippen LogP contribution in [0.2, 0.25) is 0 Å². The number of halogens is 4. The van der Waals surface area contributed by atoms with Crippen molar-refractivity contribution in [2.24, 2.45) is 0 Å². The van der Waals surface area contributed by atoms with E-state index in [1.165, 1.54) is 4.90 Å². The van der Waals surface area contributed by atoms with Crippen LogP contribution in [0.4, 0.5) is 23.5 Å². The number of carbonyl (C=O) groups excluding carboxylic acids is 1. The number of nitrogens with two attached hydrogens (primary N) is 1. The normalized spacial score (nSPS) is 13.9. The van der Waals surface area contributed by atoms with Gasteiger partial charge in [-0.05, 0) is 42.0 Å². The van der Waals surface area contributed by atoms with E-state index in [1.807, 2.05) is 12.1 Å². The Hall–Kier alpha value is -4.15. The number of carbonyl (C=O) groups is 1. The number of aromatic amines is 1. The molecule has 0 fully saturated rings. The van der Waals surface area contributed by atoms with Crippen LogP contribution >= 0.6 is 0 Å². The van der Waals surface area contributed by atoms with E-state index in [0.717, 1.165) is 29.3 Å². The summed E-state index contributed by atoms with van der Waals surface area (Å²) in [7, 11) is 0. The molecule has 0 atom stereocenters. The van der Waals surface area contributed by atoms with Crippen molar-refractivity contribution in [1.29, 1.82) is 0 Å². The molecule has 1 aliphatic rings. The number of nitrogens with one attached hydrogen (secondary N) is 1. The molecule has 3 heterocycles. The van der Waals surface area contributed by atoms with E-state index in [0.29, 0.717) is 34.7 Å². The van der Waals surface area contributed by atoms with Crippen molar-refractivity contribution >= 4 is 22.9 Å². The third-order valence-corrected chi connectivity index (χ3v) is 5.55. The minimum Gasteiger partial charge on any atom is -0.406 e. The van der Waals surface area contributed by atoms with Gasteiger partial charge in [0.15, 0.2) is 5.95 Å². The van der Waals surface area contributed by atoms with E-state index in [4.69, 9.17) is 5.73 Å². The molecule has 0 spiro atoms. The highest BCUT2D eigenvalue weighted by molar-refractivity contribution is 5.97. The molecular formula is C23H17F4N5O2. The zero-order valence-electron chi connectivity index (χ0n) is 17.5. The summed E-state index contributed by atoms with van der Waals surface area (Å²) in [5.41, 5.74) is 9.50. The lowest BCUT2D eigenvalue weighted by atomic mass is 9.99. The highest BCUT2D eigenvalue weighted by atomic mass is 19.4. The van der Waals surface area contributed by atoms with Crippen molar-refractivity contribution in [3.8, 4) is 16.9 Å². The number of alkyl halides is 3. The Morgan fingerprint density at radius 1 is 1.12 bits per heavy atom. The minimum atomic E-state index is -4.90. The number of benzene rings is 2. The van der Waals surface area contributed by atoms with E-state index in [9.17, 15) is 22.4 Å². The lowest BCUT2D eigenvalue weighted by Crippen LogP contribution is -2.37. The Morgan fingerprint density at radius 2 is 1.94 bits per heavy atom. The summed E-state index contributed by atoms with van der Waals surface area (Å²) >= 11 is 0. The van der Waals surface area contributed by atoms with Gasteiger partial charge in [0.25, 0.3) is 5.91 Å². The summed E-state index contributed by atoms with van der Waals surface area (Å²) in [6, 6.07) is 9.90. The highest BCUT2D eigenvalue weighted by Gasteiger charge is 2.32. The van der Waals surface area contributed by atoms with Crippen molar-refractivity contribution in [3.63, 3.8) is 0 Å². The van der Waals surface area contributed by atoms with Crippen LogP contribution in [0.3, 0.4) is 0 Å². The van der Waals surface area contributed by atoms with Gasteiger partial charge in [0.1, 0.15) is 11.6 Å². The average Bonchev–Trinajstić information content (AvgIpc) is 3.16. The van der Waals surface area contributed by atoms with Crippen LogP contribution in [0.15, 0.2) is 48.7 Å². The van der Waals surface area contributed by atoms with Crippen molar-refractivity contribution in [2.75, 3.05) is 12.3 Å². The summed E-state index contributed by atoms with van der Waals surface area (Å²) < 4.78 is 55.7. The molecule has 3 N–H and O–H groups in total. The third kappa shape index (κ3) is 4.24. The van der Waals surface area contributed by atoms with Gasteiger partial charge >= 0.3 is 6.36 Å². The van der Waals surface area contributed by atoms with Gasteiger partial charge in [0.05, 0.1) is 22.3 Å². The SMILES string of the molecule is Nc1nc2ccc(-c3cnc4c(c3)C(=O)N(Cc3cc(OC(F)(F)F)ccc3F)CC4)cc2[nH]1. The minimum absolute atomic E-state index is 0.0788. The Kier molecular flexibility index (Phi) is 5.11. The molecule has 0 aliphatic carbocycles. The van der Waals surface area contributed by atoms with E-state index in [-0.39, 0.29) is 24.6 Å². The maximum atomic E-state index is 14.3. The van der Waals surface area contributed by atoms with Crippen LogP contribution in [-0.2, 0) is 13.0 Å². The van der Waals surface area contributed by atoms with Gasteiger partial charge < -0.3 is 20.4 Å². The summed E-state index contributed by atoms with van der Waals surface area (Å²) in [5.74, 6) is -1.37. The van der Waals surface area contributed by atoms with E-state index in [1.54, 1.807) is 18.3 Å². The number of ether oxygens (including phenoxy) is 1. The lowest BCUT2D eigenvalue weighted by molar-refractivity contribution is -0.274. The van der Waals surface area contributed by atoms with Crippen molar-refractivity contribution in [1.82, 2.24) is 19.9 Å². The Balaban J connectivity index is 1.42. The first-order valence-electron chi connectivity index (χ1n) is 10.2. The summed E-state index contributed by atoms with van der Waals surface area (Å²) in [4.78, 5) is 26.1. The second-order valence-corrected chi connectivity index (χ2v) is 7.85. The number of nitrogen functional groups attached to an aromatic ring is 1. The van der Waals surface area contributed by atoms with E-state index < -0.39 is 17.9 Å². The van der Waals surface area contributed by atoms with Gasteiger partial charge in [-0.3, -0.25) is 9.78 Å². The first-order valence-corrected chi connectivity index (χ1v) is 10.2.